The molecule has 1 atom stereocenters. The van der Waals surface area contributed by atoms with E-state index in [0.717, 1.165) is 5.56 Å². The van der Waals surface area contributed by atoms with Crippen LogP contribution < -0.4 is 5.73 Å². The van der Waals surface area contributed by atoms with E-state index >= 15 is 0 Å². The van der Waals surface area contributed by atoms with E-state index < -0.39 is 5.54 Å². The van der Waals surface area contributed by atoms with Crippen LogP contribution >= 0.6 is 0 Å². The summed E-state index contributed by atoms with van der Waals surface area (Å²) in [5.41, 5.74) is 6.03. The van der Waals surface area contributed by atoms with Crippen LogP contribution in [0.5, 0.6) is 0 Å². The molecule has 0 spiro atoms. The highest BCUT2D eigenvalue weighted by Gasteiger charge is 2.41. The molecule has 1 aromatic rings. The van der Waals surface area contributed by atoms with Gasteiger partial charge in [0.1, 0.15) is 0 Å². The first-order valence-electron chi connectivity index (χ1n) is 6.21. The minimum Gasteiger partial charge on any atom is -0.467 e. The molecular formula is C14H20N2O2. The minimum atomic E-state index is -1.09. The Labute approximate surface area is 108 Å². The van der Waals surface area contributed by atoms with Crippen molar-refractivity contribution in [3.8, 4) is 0 Å². The maximum absolute atomic E-state index is 12.0. The summed E-state index contributed by atoms with van der Waals surface area (Å²) in [6, 6.07) is 9.98. The molecule has 1 aliphatic carbocycles. The first kappa shape index (κ1) is 13.1. The molecule has 0 amide bonds. The molecular weight excluding hydrogens is 228 g/mol. The molecule has 4 heteroatoms. The molecule has 1 aliphatic rings. The Bertz CT molecular complexity index is 417. The van der Waals surface area contributed by atoms with Gasteiger partial charge in [0.2, 0.25) is 0 Å². The number of hydrogen-bond acceptors (Lipinski definition) is 4. The molecule has 18 heavy (non-hydrogen) atoms. The summed E-state index contributed by atoms with van der Waals surface area (Å²) >= 11 is 0. The number of likely N-dealkylation sites (N-methyl/N-ethyl adjacent to an activating group) is 1. The summed E-state index contributed by atoms with van der Waals surface area (Å²) < 4.78 is 4.88. The Hall–Kier alpha value is -1.39. The summed E-state index contributed by atoms with van der Waals surface area (Å²) in [6.07, 6.45) is 2.37. The number of benzene rings is 1. The van der Waals surface area contributed by atoms with Gasteiger partial charge in [0, 0.05) is 12.6 Å². The summed E-state index contributed by atoms with van der Waals surface area (Å²) in [7, 11) is 3.38. The van der Waals surface area contributed by atoms with E-state index in [4.69, 9.17) is 10.5 Å². The largest absolute Gasteiger partial charge is 0.467 e. The van der Waals surface area contributed by atoms with Crippen LogP contribution in [0, 0.1) is 0 Å². The van der Waals surface area contributed by atoms with Crippen molar-refractivity contribution < 1.29 is 9.53 Å². The van der Waals surface area contributed by atoms with Gasteiger partial charge in [-0.2, -0.15) is 0 Å². The lowest BCUT2D eigenvalue weighted by molar-refractivity contribution is -0.148. The van der Waals surface area contributed by atoms with Gasteiger partial charge < -0.3 is 15.4 Å². The second-order valence-electron chi connectivity index (χ2n) is 4.98. The molecule has 0 radical (unpaired) electrons. The van der Waals surface area contributed by atoms with Crippen molar-refractivity contribution in [2.45, 2.75) is 24.4 Å². The van der Waals surface area contributed by atoms with Gasteiger partial charge in [0.05, 0.1) is 7.11 Å². The van der Waals surface area contributed by atoms with Crippen molar-refractivity contribution in [3.05, 3.63) is 35.9 Å². The van der Waals surface area contributed by atoms with E-state index in [9.17, 15) is 4.79 Å². The first-order valence-corrected chi connectivity index (χ1v) is 6.21. The third-order valence-corrected chi connectivity index (χ3v) is 3.51. The zero-order valence-electron chi connectivity index (χ0n) is 10.9. The van der Waals surface area contributed by atoms with Crippen LogP contribution in [0.25, 0.3) is 0 Å². The quantitative estimate of drug-likeness (QED) is 0.793. The van der Waals surface area contributed by atoms with Gasteiger partial charge in [-0.25, -0.2) is 4.79 Å². The molecule has 0 aromatic heterocycles. The van der Waals surface area contributed by atoms with Gasteiger partial charge in [0.25, 0.3) is 0 Å². The fourth-order valence-electron chi connectivity index (χ4n) is 2.23. The normalized spacial score (nSPS) is 18.4. The maximum atomic E-state index is 12.0. The average molecular weight is 248 g/mol. The van der Waals surface area contributed by atoms with Gasteiger partial charge in [-0.1, -0.05) is 30.3 Å². The number of carbonyl (C=O) groups is 1. The van der Waals surface area contributed by atoms with Crippen LogP contribution in [0.1, 0.15) is 18.4 Å². The van der Waals surface area contributed by atoms with Crippen molar-refractivity contribution in [1.82, 2.24) is 4.90 Å². The van der Waals surface area contributed by atoms with Crippen molar-refractivity contribution in [2.24, 2.45) is 5.73 Å². The molecule has 98 valence electrons. The molecule has 0 bridgehead atoms. The van der Waals surface area contributed by atoms with E-state index in [-0.39, 0.29) is 5.97 Å². The summed E-state index contributed by atoms with van der Waals surface area (Å²) in [5.74, 6) is -0.388. The number of carbonyl (C=O) groups excluding carboxylic acids is 1. The predicted molar refractivity (Wildman–Crippen MR) is 70.0 cm³/mol. The third-order valence-electron chi connectivity index (χ3n) is 3.51. The minimum absolute atomic E-state index is 0.388. The smallest absolute Gasteiger partial charge is 0.331 e. The number of hydrogen-bond donors (Lipinski definition) is 1. The lowest BCUT2D eigenvalue weighted by Gasteiger charge is -2.31. The zero-order chi connectivity index (χ0) is 13.2. The highest BCUT2D eigenvalue weighted by Crippen LogP contribution is 2.29. The Kier molecular flexibility index (Phi) is 3.68. The molecule has 2 rings (SSSR count). The van der Waals surface area contributed by atoms with Crippen LogP contribution in [0.3, 0.4) is 0 Å². The lowest BCUT2D eigenvalue weighted by atomic mass is 9.90. The Morgan fingerprint density at radius 1 is 1.44 bits per heavy atom. The second kappa shape index (κ2) is 5.08. The molecule has 0 heterocycles. The third kappa shape index (κ3) is 2.54. The fourth-order valence-corrected chi connectivity index (χ4v) is 2.23. The van der Waals surface area contributed by atoms with E-state index in [0.29, 0.717) is 12.6 Å². The highest BCUT2D eigenvalue weighted by molar-refractivity contribution is 5.82. The second-order valence-corrected chi connectivity index (χ2v) is 4.98. The summed E-state index contributed by atoms with van der Waals surface area (Å²) in [4.78, 5) is 14.2. The van der Waals surface area contributed by atoms with Gasteiger partial charge in [-0.15, -0.1) is 0 Å². The average Bonchev–Trinajstić information content (AvgIpc) is 3.23. The zero-order valence-corrected chi connectivity index (χ0v) is 10.9. The van der Waals surface area contributed by atoms with Gasteiger partial charge in [-0.05, 0) is 25.5 Å². The Morgan fingerprint density at radius 2 is 2.06 bits per heavy atom. The van der Waals surface area contributed by atoms with Crippen LogP contribution in [-0.2, 0) is 15.1 Å². The van der Waals surface area contributed by atoms with Crippen LogP contribution in [-0.4, -0.2) is 37.6 Å². The number of esters is 1. The highest BCUT2D eigenvalue weighted by atomic mass is 16.5. The van der Waals surface area contributed by atoms with Crippen molar-refractivity contribution in [3.63, 3.8) is 0 Å². The fraction of sp³-hybridized carbons (Fsp3) is 0.500. The Balaban J connectivity index is 2.25. The number of nitrogens with zero attached hydrogens (tertiary/aromatic N) is 1. The SMILES string of the molecule is COC(=O)C(N)(CN(C)C1CC1)c1ccccc1. The van der Waals surface area contributed by atoms with Gasteiger partial charge >= 0.3 is 5.97 Å². The number of methoxy groups -OCH3 is 1. The van der Waals surface area contributed by atoms with Crippen LogP contribution in [0.2, 0.25) is 0 Å². The molecule has 1 fully saturated rings. The molecule has 1 saturated carbocycles. The van der Waals surface area contributed by atoms with E-state index in [1.54, 1.807) is 0 Å². The number of rotatable bonds is 5. The van der Waals surface area contributed by atoms with Crippen molar-refractivity contribution in [1.29, 1.82) is 0 Å². The number of ether oxygens (including phenoxy) is 1. The molecule has 1 aromatic carbocycles. The lowest BCUT2D eigenvalue weighted by Crippen LogP contribution is -2.53. The molecule has 4 nitrogen and oxygen atoms in total. The van der Waals surface area contributed by atoms with Crippen molar-refractivity contribution >= 4 is 5.97 Å². The first-order chi connectivity index (χ1) is 8.58. The maximum Gasteiger partial charge on any atom is 0.331 e. The summed E-state index contributed by atoms with van der Waals surface area (Å²) in [6.45, 7) is 0.481. The predicted octanol–water partition coefficient (Wildman–Crippen LogP) is 1.11. The summed E-state index contributed by atoms with van der Waals surface area (Å²) in [5, 5.41) is 0. The monoisotopic (exact) mass is 248 g/mol. The van der Waals surface area contributed by atoms with Crippen LogP contribution in [0.4, 0.5) is 0 Å². The number of nitrogens with two attached hydrogens (primary N) is 1. The standard InChI is InChI=1S/C14H20N2O2/c1-16(12-8-9-12)10-14(15,13(17)18-2)11-6-4-3-5-7-11/h3-7,12H,8-10,15H2,1-2H3. The van der Waals surface area contributed by atoms with Crippen molar-refractivity contribution in [2.75, 3.05) is 20.7 Å². The molecule has 2 N–H and O–H groups in total. The van der Waals surface area contributed by atoms with E-state index in [2.05, 4.69) is 4.90 Å². The topological polar surface area (TPSA) is 55.6 Å². The van der Waals surface area contributed by atoms with Gasteiger partial charge in [-0.3, -0.25) is 0 Å². The van der Waals surface area contributed by atoms with E-state index in [1.807, 2.05) is 37.4 Å². The van der Waals surface area contributed by atoms with Crippen LogP contribution in [0.15, 0.2) is 30.3 Å². The molecule has 0 aliphatic heterocycles. The molecule has 1 unspecified atom stereocenters. The Morgan fingerprint density at radius 3 is 2.56 bits per heavy atom. The van der Waals surface area contributed by atoms with Gasteiger partial charge in [0.15, 0.2) is 5.54 Å². The van der Waals surface area contributed by atoms with E-state index in [1.165, 1.54) is 20.0 Å². The molecule has 0 saturated heterocycles.